The molecular weight excluding hydrogens is 282 g/mol. The number of rotatable bonds is 2. The second-order valence-electron chi connectivity index (χ2n) is 3.04. The van der Waals surface area contributed by atoms with E-state index in [1.165, 1.54) is 18.2 Å². The summed E-state index contributed by atoms with van der Waals surface area (Å²) in [5.41, 5.74) is -0.289. The van der Waals surface area contributed by atoms with Crippen LogP contribution < -0.4 is 0 Å². The Morgan fingerprint density at radius 3 is 2.56 bits per heavy atom. The van der Waals surface area contributed by atoms with E-state index in [-0.39, 0.29) is 21.6 Å². The zero-order valence-electron chi connectivity index (χ0n) is 7.84. The molecule has 5 heteroatoms. The predicted octanol–water partition coefficient (Wildman–Crippen LogP) is 3.80. The van der Waals surface area contributed by atoms with E-state index in [4.69, 9.17) is 4.42 Å². The third kappa shape index (κ3) is 1.78. The van der Waals surface area contributed by atoms with Crippen LogP contribution >= 0.6 is 15.9 Å². The van der Waals surface area contributed by atoms with Crippen LogP contribution in [0, 0.1) is 11.6 Å². The molecule has 0 saturated carbocycles. The molecule has 0 amide bonds. The van der Waals surface area contributed by atoms with Gasteiger partial charge in [-0.05, 0) is 40.2 Å². The fourth-order valence-electron chi connectivity index (χ4n) is 1.30. The summed E-state index contributed by atoms with van der Waals surface area (Å²) in [6, 6.07) is 5.07. The number of aldehydes is 1. The number of hydrogen-bond acceptors (Lipinski definition) is 2. The van der Waals surface area contributed by atoms with Gasteiger partial charge < -0.3 is 4.42 Å². The highest BCUT2D eigenvalue weighted by molar-refractivity contribution is 9.10. The van der Waals surface area contributed by atoms with E-state index in [2.05, 4.69) is 15.9 Å². The van der Waals surface area contributed by atoms with Gasteiger partial charge in [-0.1, -0.05) is 0 Å². The molecule has 2 rings (SSSR count). The molecule has 0 aliphatic heterocycles. The monoisotopic (exact) mass is 286 g/mol. The molecule has 82 valence electrons. The van der Waals surface area contributed by atoms with E-state index in [1.807, 2.05) is 0 Å². The topological polar surface area (TPSA) is 30.2 Å². The lowest BCUT2D eigenvalue weighted by molar-refractivity contribution is 0.110. The van der Waals surface area contributed by atoms with Crippen molar-refractivity contribution in [2.24, 2.45) is 0 Å². The van der Waals surface area contributed by atoms with Crippen LogP contribution in [-0.2, 0) is 0 Å². The van der Waals surface area contributed by atoms with Crippen molar-refractivity contribution in [2.75, 3.05) is 0 Å². The highest BCUT2D eigenvalue weighted by Gasteiger charge is 2.17. The minimum Gasteiger partial charge on any atom is -0.453 e. The van der Waals surface area contributed by atoms with Crippen LogP contribution in [-0.4, -0.2) is 6.29 Å². The van der Waals surface area contributed by atoms with Crippen LogP contribution in [0.3, 0.4) is 0 Å². The van der Waals surface area contributed by atoms with Gasteiger partial charge in [-0.25, -0.2) is 8.78 Å². The number of furan rings is 1. The average Bonchev–Trinajstić information content (AvgIpc) is 2.73. The van der Waals surface area contributed by atoms with E-state index in [0.717, 1.165) is 6.07 Å². The van der Waals surface area contributed by atoms with Gasteiger partial charge in [0.1, 0.15) is 11.6 Å². The molecule has 0 radical (unpaired) electrons. The molecule has 0 aliphatic rings. The van der Waals surface area contributed by atoms with Crippen molar-refractivity contribution in [3.63, 3.8) is 0 Å². The predicted molar refractivity (Wildman–Crippen MR) is 57.1 cm³/mol. The van der Waals surface area contributed by atoms with Gasteiger partial charge in [0, 0.05) is 0 Å². The number of carbonyl (C=O) groups is 1. The van der Waals surface area contributed by atoms with Gasteiger partial charge in [-0.2, -0.15) is 0 Å². The minimum atomic E-state index is -0.758. The molecule has 0 unspecified atom stereocenters. The van der Waals surface area contributed by atoms with E-state index >= 15 is 0 Å². The van der Waals surface area contributed by atoms with Crippen molar-refractivity contribution in [3.8, 4) is 11.3 Å². The summed E-state index contributed by atoms with van der Waals surface area (Å²) in [4.78, 5) is 10.4. The summed E-state index contributed by atoms with van der Waals surface area (Å²) in [5.74, 6) is -1.49. The van der Waals surface area contributed by atoms with E-state index in [9.17, 15) is 13.6 Å². The molecule has 2 nitrogen and oxygen atoms in total. The largest absolute Gasteiger partial charge is 0.453 e. The lowest BCUT2D eigenvalue weighted by Crippen LogP contribution is -1.89. The fraction of sp³-hybridized carbons (Fsp3) is 0. The molecule has 0 N–H and O–H groups in total. The molecule has 0 fully saturated rings. The smallest absolute Gasteiger partial charge is 0.185 e. The standard InChI is InChI=1S/C11H5BrF2O2/c12-7-2-3-8(13)10(11(7)14)9-4-1-6(5-15)16-9/h1-5H. The molecule has 1 heterocycles. The Morgan fingerprint density at radius 1 is 1.19 bits per heavy atom. The van der Waals surface area contributed by atoms with E-state index in [0.29, 0.717) is 6.29 Å². The van der Waals surface area contributed by atoms with Gasteiger partial charge in [0.05, 0.1) is 10.0 Å². The Morgan fingerprint density at radius 2 is 1.94 bits per heavy atom. The van der Waals surface area contributed by atoms with Crippen molar-refractivity contribution >= 4 is 22.2 Å². The van der Waals surface area contributed by atoms with E-state index < -0.39 is 11.6 Å². The molecular formula is C11H5BrF2O2. The van der Waals surface area contributed by atoms with Crippen molar-refractivity contribution in [1.29, 1.82) is 0 Å². The van der Waals surface area contributed by atoms with Crippen LogP contribution in [0.5, 0.6) is 0 Å². The average molecular weight is 287 g/mol. The number of benzene rings is 1. The maximum Gasteiger partial charge on any atom is 0.185 e. The van der Waals surface area contributed by atoms with Gasteiger partial charge in [-0.3, -0.25) is 4.79 Å². The summed E-state index contributed by atoms with van der Waals surface area (Å²) in [6.45, 7) is 0. The highest BCUT2D eigenvalue weighted by Crippen LogP contribution is 2.31. The van der Waals surface area contributed by atoms with E-state index in [1.54, 1.807) is 0 Å². The molecule has 1 aromatic carbocycles. The zero-order valence-corrected chi connectivity index (χ0v) is 9.42. The molecule has 2 aromatic rings. The summed E-state index contributed by atoms with van der Waals surface area (Å²) in [6.07, 6.45) is 0.470. The van der Waals surface area contributed by atoms with Crippen LogP contribution in [0.15, 0.2) is 33.2 Å². The lowest BCUT2D eigenvalue weighted by atomic mass is 10.1. The fourth-order valence-corrected chi connectivity index (χ4v) is 1.63. The van der Waals surface area contributed by atoms with Gasteiger partial charge in [0.25, 0.3) is 0 Å². The first-order chi connectivity index (χ1) is 7.63. The minimum absolute atomic E-state index is 0.0154. The maximum atomic E-state index is 13.6. The molecule has 0 aliphatic carbocycles. The van der Waals surface area contributed by atoms with Gasteiger partial charge in [-0.15, -0.1) is 0 Å². The second-order valence-corrected chi connectivity index (χ2v) is 3.89. The Hall–Kier alpha value is -1.49. The number of hydrogen-bond donors (Lipinski definition) is 0. The number of halogens is 3. The zero-order chi connectivity index (χ0) is 11.7. The van der Waals surface area contributed by atoms with Crippen LogP contribution in [0.2, 0.25) is 0 Å². The van der Waals surface area contributed by atoms with Gasteiger partial charge in [0.15, 0.2) is 17.9 Å². The van der Waals surface area contributed by atoms with Crippen molar-refractivity contribution in [3.05, 3.63) is 46.1 Å². The second kappa shape index (κ2) is 4.17. The summed E-state index contributed by atoms with van der Waals surface area (Å²) >= 11 is 2.95. The Labute approximate surface area is 98.0 Å². The van der Waals surface area contributed by atoms with Crippen LogP contribution in [0.25, 0.3) is 11.3 Å². The van der Waals surface area contributed by atoms with Crippen molar-refractivity contribution in [1.82, 2.24) is 0 Å². The molecule has 0 spiro atoms. The molecule has 0 bridgehead atoms. The normalized spacial score (nSPS) is 10.4. The van der Waals surface area contributed by atoms with Crippen LogP contribution in [0.1, 0.15) is 10.6 Å². The number of carbonyl (C=O) groups excluding carboxylic acids is 1. The first kappa shape index (κ1) is 11.0. The van der Waals surface area contributed by atoms with Crippen molar-refractivity contribution < 1.29 is 18.0 Å². The highest BCUT2D eigenvalue weighted by atomic mass is 79.9. The SMILES string of the molecule is O=Cc1ccc(-c2c(F)ccc(Br)c2F)o1. The Balaban J connectivity index is 2.63. The molecule has 16 heavy (non-hydrogen) atoms. The Kier molecular flexibility index (Phi) is 2.87. The maximum absolute atomic E-state index is 13.6. The summed E-state index contributed by atoms with van der Waals surface area (Å²) in [7, 11) is 0. The summed E-state index contributed by atoms with van der Waals surface area (Å²) < 4.78 is 32.1. The molecule has 1 aromatic heterocycles. The first-order valence-electron chi connectivity index (χ1n) is 4.32. The quantitative estimate of drug-likeness (QED) is 0.621. The third-order valence-electron chi connectivity index (χ3n) is 2.03. The lowest BCUT2D eigenvalue weighted by Gasteiger charge is -2.02. The molecule has 0 saturated heterocycles. The van der Waals surface area contributed by atoms with Gasteiger partial charge >= 0.3 is 0 Å². The Bertz CT molecular complexity index is 549. The summed E-state index contributed by atoms with van der Waals surface area (Å²) in [5, 5.41) is 0. The van der Waals surface area contributed by atoms with Crippen LogP contribution in [0.4, 0.5) is 8.78 Å². The van der Waals surface area contributed by atoms with Gasteiger partial charge in [0.2, 0.25) is 0 Å². The first-order valence-corrected chi connectivity index (χ1v) is 5.11. The van der Waals surface area contributed by atoms with Crippen molar-refractivity contribution in [2.45, 2.75) is 0 Å². The third-order valence-corrected chi connectivity index (χ3v) is 2.65. The molecule has 0 atom stereocenters.